The molecule has 2 heterocycles. The number of nitrogens with zero attached hydrogens (tertiary/aromatic N) is 1. The van der Waals surface area contributed by atoms with Crippen molar-refractivity contribution in [1.29, 1.82) is 0 Å². The maximum atomic E-state index is 12.5. The van der Waals surface area contributed by atoms with Gasteiger partial charge in [-0.05, 0) is 30.2 Å². The second-order valence-corrected chi connectivity index (χ2v) is 6.60. The quantitative estimate of drug-likeness (QED) is 0.660. The minimum absolute atomic E-state index is 0.178. The van der Waals surface area contributed by atoms with E-state index >= 15 is 0 Å². The molecule has 8 heteroatoms. The number of carboxylic acids is 1. The minimum atomic E-state index is -1.06. The fraction of sp³-hybridized carbons (Fsp3) is 0.267. The first-order valence-electron chi connectivity index (χ1n) is 6.90. The number of hydrogen-bond acceptors (Lipinski definition) is 6. The molecule has 1 N–H and O–H groups in total. The maximum absolute atomic E-state index is 12.5. The maximum Gasteiger partial charge on any atom is 0.326 e. The third kappa shape index (κ3) is 2.91. The molecule has 0 spiro atoms. The van der Waals surface area contributed by atoms with Crippen LogP contribution in [-0.2, 0) is 9.59 Å². The summed E-state index contributed by atoms with van der Waals surface area (Å²) in [6, 6.07) is 4.39. The van der Waals surface area contributed by atoms with Crippen LogP contribution in [-0.4, -0.2) is 39.0 Å². The van der Waals surface area contributed by atoms with Crippen molar-refractivity contribution in [3.05, 3.63) is 28.7 Å². The Bertz CT molecular complexity index is 731. The SMILES string of the molecule is CCC(C(=O)O)N1C(=O)/C(=C\c2ccc3c(c2)OCO3)SC1=S. The predicted octanol–water partition coefficient (Wildman–Crippen LogP) is 2.48. The van der Waals surface area contributed by atoms with Crippen LogP contribution in [0, 0.1) is 0 Å². The van der Waals surface area contributed by atoms with E-state index in [-0.39, 0.29) is 17.0 Å². The number of benzene rings is 1. The average Bonchev–Trinajstić information content (AvgIpc) is 3.07. The summed E-state index contributed by atoms with van der Waals surface area (Å²) in [5, 5.41) is 9.24. The third-order valence-electron chi connectivity index (χ3n) is 3.50. The van der Waals surface area contributed by atoms with Gasteiger partial charge < -0.3 is 14.6 Å². The number of ether oxygens (including phenoxy) is 2. The number of fused-ring (bicyclic) bond motifs is 1. The molecule has 23 heavy (non-hydrogen) atoms. The molecule has 2 aliphatic rings. The van der Waals surface area contributed by atoms with E-state index in [2.05, 4.69) is 0 Å². The van der Waals surface area contributed by atoms with Gasteiger partial charge in [0.2, 0.25) is 6.79 Å². The minimum Gasteiger partial charge on any atom is -0.480 e. The molecule has 1 atom stereocenters. The number of hydrogen-bond donors (Lipinski definition) is 1. The first kappa shape index (κ1) is 15.8. The highest BCUT2D eigenvalue weighted by Gasteiger charge is 2.39. The van der Waals surface area contributed by atoms with Crippen molar-refractivity contribution in [2.75, 3.05) is 6.79 Å². The summed E-state index contributed by atoms with van der Waals surface area (Å²) in [5.74, 6) is -0.169. The first-order chi connectivity index (χ1) is 11.0. The standard InChI is InChI=1S/C15H13NO5S2/c1-2-9(14(18)19)16-13(17)12(23-15(16)22)6-8-3-4-10-11(5-8)21-7-20-10/h3-6,9H,2,7H2,1H3,(H,18,19)/b12-6+. The highest BCUT2D eigenvalue weighted by atomic mass is 32.2. The van der Waals surface area contributed by atoms with Crippen molar-refractivity contribution in [2.24, 2.45) is 0 Å². The summed E-state index contributed by atoms with van der Waals surface area (Å²) >= 11 is 6.28. The van der Waals surface area contributed by atoms with Gasteiger partial charge in [0, 0.05) is 0 Å². The number of carbonyl (C=O) groups is 2. The van der Waals surface area contributed by atoms with Crippen LogP contribution in [0.3, 0.4) is 0 Å². The van der Waals surface area contributed by atoms with Crippen LogP contribution < -0.4 is 9.47 Å². The molecular weight excluding hydrogens is 338 g/mol. The molecule has 1 aromatic carbocycles. The molecule has 0 bridgehead atoms. The predicted molar refractivity (Wildman–Crippen MR) is 89.3 cm³/mol. The van der Waals surface area contributed by atoms with Crippen molar-refractivity contribution in [1.82, 2.24) is 4.90 Å². The molecule has 120 valence electrons. The molecule has 0 saturated carbocycles. The van der Waals surface area contributed by atoms with Crippen molar-refractivity contribution >= 4 is 46.3 Å². The van der Waals surface area contributed by atoms with Crippen LogP contribution in [0.4, 0.5) is 0 Å². The van der Waals surface area contributed by atoms with Gasteiger partial charge in [0.15, 0.2) is 11.5 Å². The van der Waals surface area contributed by atoms with Crippen LogP contribution >= 0.6 is 24.0 Å². The van der Waals surface area contributed by atoms with Gasteiger partial charge in [-0.1, -0.05) is 37.0 Å². The second-order valence-electron chi connectivity index (χ2n) is 4.93. The van der Waals surface area contributed by atoms with E-state index in [0.717, 1.165) is 17.3 Å². The topological polar surface area (TPSA) is 76.1 Å². The number of carboxylic acid groups (broad SMARTS) is 1. The van der Waals surface area contributed by atoms with E-state index in [9.17, 15) is 14.7 Å². The number of rotatable bonds is 4. The lowest BCUT2D eigenvalue weighted by Crippen LogP contribution is -2.43. The van der Waals surface area contributed by atoms with Crippen molar-refractivity contribution in [3.63, 3.8) is 0 Å². The first-order valence-corrected chi connectivity index (χ1v) is 8.13. The van der Waals surface area contributed by atoms with Gasteiger partial charge in [-0.25, -0.2) is 4.79 Å². The summed E-state index contributed by atoms with van der Waals surface area (Å²) < 4.78 is 10.8. The van der Waals surface area contributed by atoms with Crippen LogP contribution in [0.15, 0.2) is 23.1 Å². The molecule has 3 rings (SSSR count). The second kappa shape index (κ2) is 6.21. The lowest BCUT2D eigenvalue weighted by atomic mass is 10.1. The molecule has 1 fully saturated rings. The number of thioether (sulfide) groups is 1. The summed E-state index contributed by atoms with van der Waals surface area (Å²) in [6.07, 6.45) is 1.97. The summed E-state index contributed by atoms with van der Waals surface area (Å²) in [6.45, 7) is 1.89. The smallest absolute Gasteiger partial charge is 0.326 e. The molecule has 6 nitrogen and oxygen atoms in total. The highest BCUT2D eigenvalue weighted by molar-refractivity contribution is 8.26. The molecular formula is C15H13NO5S2. The zero-order valence-corrected chi connectivity index (χ0v) is 13.8. The van der Waals surface area contributed by atoms with Crippen molar-refractivity contribution in [2.45, 2.75) is 19.4 Å². The molecule has 0 aliphatic carbocycles. The van der Waals surface area contributed by atoms with Crippen LogP contribution in [0.1, 0.15) is 18.9 Å². The largest absolute Gasteiger partial charge is 0.480 e. The number of aliphatic carboxylic acids is 1. The zero-order chi connectivity index (χ0) is 16.6. The summed E-state index contributed by atoms with van der Waals surface area (Å²) in [7, 11) is 0. The Labute approximate surface area is 142 Å². The van der Waals surface area contributed by atoms with Gasteiger partial charge in [0.05, 0.1) is 4.91 Å². The van der Waals surface area contributed by atoms with Gasteiger partial charge >= 0.3 is 5.97 Å². The van der Waals surface area contributed by atoms with Gasteiger partial charge in [0.1, 0.15) is 10.4 Å². The monoisotopic (exact) mass is 351 g/mol. The highest BCUT2D eigenvalue weighted by Crippen LogP contribution is 2.37. The Morgan fingerprint density at radius 3 is 2.91 bits per heavy atom. The fourth-order valence-electron chi connectivity index (χ4n) is 2.37. The van der Waals surface area contributed by atoms with E-state index in [4.69, 9.17) is 21.7 Å². The van der Waals surface area contributed by atoms with E-state index in [1.807, 2.05) is 0 Å². The lowest BCUT2D eigenvalue weighted by Gasteiger charge is -2.21. The van der Waals surface area contributed by atoms with E-state index < -0.39 is 12.0 Å². The van der Waals surface area contributed by atoms with E-state index in [1.165, 1.54) is 4.90 Å². The van der Waals surface area contributed by atoms with Crippen LogP contribution in [0.25, 0.3) is 6.08 Å². The third-order valence-corrected chi connectivity index (χ3v) is 4.83. The van der Waals surface area contributed by atoms with Crippen LogP contribution in [0.2, 0.25) is 0 Å². The molecule has 1 unspecified atom stereocenters. The lowest BCUT2D eigenvalue weighted by molar-refractivity contribution is -0.145. The van der Waals surface area contributed by atoms with E-state index in [1.54, 1.807) is 31.2 Å². The Balaban J connectivity index is 1.88. The molecule has 0 radical (unpaired) electrons. The molecule has 0 aromatic heterocycles. The van der Waals surface area contributed by atoms with Gasteiger partial charge in [-0.3, -0.25) is 9.69 Å². The fourth-order valence-corrected chi connectivity index (χ4v) is 3.73. The molecule has 1 saturated heterocycles. The summed E-state index contributed by atoms with van der Waals surface area (Å²) in [5.41, 5.74) is 0.762. The molecule has 1 amide bonds. The van der Waals surface area contributed by atoms with Gasteiger partial charge in [0.25, 0.3) is 5.91 Å². The van der Waals surface area contributed by atoms with E-state index in [0.29, 0.717) is 22.8 Å². The average molecular weight is 351 g/mol. The van der Waals surface area contributed by atoms with Crippen LogP contribution in [0.5, 0.6) is 11.5 Å². The Hall–Kier alpha value is -2.06. The Morgan fingerprint density at radius 2 is 2.22 bits per heavy atom. The molecule has 1 aromatic rings. The van der Waals surface area contributed by atoms with Gasteiger partial charge in [-0.2, -0.15) is 0 Å². The van der Waals surface area contributed by atoms with Crippen molar-refractivity contribution < 1.29 is 24.2 Å². The van der Waals surface area contributed by atoms with Crippen molar-refractivity contribution in [3.8, 4) is 11.5 Å². The molecule has 2 aliphatic heterocycles. The Morgan fingerprint density at radius 1 is 1.48 bits per heavy atom. The summed E-state index contributed by atoms with van der Waals surface area (Å²) in [4.78, 5) is 25.3. The number of thiocarbonyl (C=S) groups is 1. The number of carbonyl (C=O) groups excluding carboxylic acids is 1. The van der Waals surface area contributed by atoms with Gasteiger partial charge in [-0.15, -0.1) is 0 Å². The zero-order valence-electron chi connectivity index (χ0n) is 12.1. The number of amides is 1. The normalized spacial score (nSPS) is 19.5. The Kier molecular flexibility index (Phi) is 4.27.